The molecule has 0 aliphatic carbocycles. The minimum Gasteiger partial charge on any atom is -0.302 e. The van der Waals surface area contributed by atoms with Gasteiger partial charge in [0.15, 0.2) is 0 Å². The molecule has 0 saturated carbocycles. The number of nitrogens with one attached hydrogen (secondary N) is 1. The zero-order valence-corrected chi connectivity index (χ0v) is 13.1. The van der Waals surface area contributed by atoms with Gasteiger partial charge in [0.1, 0.15) is 5.01 Å². The van der Waals surface area contributed by atoms with Crippen molar-refractivity contribution in [3.05, 3.63) is 51.0 Å². The standard InChI is InChI=1S/C16H22N2S/c1-10-6-11(2)8-15(7-10)13(4)18-14(5)16-17-9-12(3)19-16/h6-9,13-14,18H,1-5H3. The quantitative estimate of drug-likeness (QED) is 0.889. The summed E-state index contributed by atoms with van der Waals surface area (Å²) in [5.74, 6) is 0. The third-order valence-corrected chi connectivity index (χ3v) is 4.35. The summed E-state index contributed by atoms with van der Waals surface area (Å²) in [4.78, 5) is 5.72. The van der Waals surface area contributed by atoms with Crippen molar-refractivity contribution in [1.29, 1.82) is 0 Å². The van der Waals surface area contributed by atoms with E-state index in [4.69, 9.17) is 0 Å². The molecule has 0 bridgehead atoms. The van der Waals surface area contributed by atoms with Crippen molar-refractivity contribution < 1.29 is 0 Å². The van der Waals surface area contributed by atoms with E-state index in [-0.39, 0.29) is 6.04 Å². The van der Waals surface area contributed by atoms with E-state index in [0.717, 1.165) is 5.01 Å². The van der Waals surface area contributed by atoms with E-state index in [9.17, 15) is 0 Å². The first-order valence-corrected chi connectivity index (χ1v) is 7.54. The minimum absolute atomic E-state index is 0.287. The lowest BCUT2D eigenvalue weighted by atomic mass is 10.0. The number of aromatic nitrogens is 1. The molecular weight excluding hydrogens is 252 g/mol. The van der Waals surface area contributed by atoms with E-state index in [0.29, 0.717) is 6.04 Å². The summed E-state index contributed by atoms with van der Waals surface area (Å²) >= 11 is 1.77. The number of benzene rings is 1. The predicted molar refractivity (Wildman–Crippen MR) is 82.7 cm³/mol. The van der Waals surface area contributed by atoms with Crippen LogP contribution in [0.2, 0.25) is 0 Å². The van der Waals surface area contributed by atoms with Gasteiger partial charge in [-0.1, -0.05) is 29.3 Å². The highest BCUT2D eigenvalue weighted by atomic mass is 32.1. The number of rotatable bonds is 4. The molecule has 19 heavy (non-hydrogen) atoms. The maximum absolute atomic E-state index is 4.45. The van der Waals surface area contributed by atoms with Crippen molar-refractivity contribution in [1.82, 2.24) is 10.3 Å². The van der Waals surface area contributed by atoms with Crippen molar-refractivity contribution in [3.8, 4) is 0 Å². The topological polar surface area (TPSA) is 24.9 Å². The van der Waals surface area contributed by atoms with E-state index >= 15 is 0 Å². The molecule has 2 aromatic rings. The van der Waals surface area contributed by atoms with Gasteiger partial charge in [0, 0.05) is 17.1 Å². The van der Waals surface area contributed by atoms with Crippen molar-refractivity contribution in [2.75, 3.05) is 0 Å². The Morgan fingerprint density at radius 1 is 1.00 bits per heavy atom. The Morgan fingerprint density at radius 3 is 2.16 bits per heavy atom. The first-order chi connectivity index (χ1) is 8.95. The lowest BCUT2D eigenvalue weighted by Gasteiger charge is -2.19. The number of aryl methyl sites for hydroxylation is 3. The van der Waals surface area contributed by atoms with Crippen molar-refractivity contribution in [2.45, 2.75) is 46.7 Å². The first kappa shape index (κ1) is 14.2. The number of hydrogen-bond donors (Lipinski definition) is 1. The molecule has 0 amide bonds. The van der Waals surface area contributed by atoms with E-state index in [1.54, 1.807) is 11.3 Å². The van der Waals surface area contributed by atoms with E-state index in [1.165, 1.54) is 21.6 Å². The van der Waals surface area contributed by atoms with E-state index < -0.39 is 0 Å². The molecule has 0 saturated heterocycles. The van der Waals surface area contributed by atoms with Crippen LogP contribution in [0.3, 0.4) is 0 Å². The largest absolute Gasteiger partial charge is 0.302 e. The third-order valence-electron chi connectivity index (χ3n) is 3.25. The highest BCUT2D eigenvalue weighted by Crippen LogP contribution is 2.23. The smallest absolute Gasteiger partial charge is 0.109 e. The molecule has 2 atom stereocenters. The van der Waals surface area contributed by atoms with Crippen LogP contribution in [0, 0.1) is 20.8 Å². The maximum Gasteiger partial charge on any atom is 0.109 e. The summed E-state index contributed by atoms with van der Waals surface area (Å²) in [6.45, 7) is 10.8. The normalized spacial score (nSPS) is 14.4. The monoisotopic (exact) mass is 274 g/mol. The highest BCUT2D eigenvalue weighted by Gasteiger charge is 2.14. The van der Waals surface area contributed by atoms with Crippen LogP contribution in [0.4, 0.5) is 0 Å². The number of hydrogen-bond acceptors (Lipinski definition) is 3. The molecule has 1 aromatic heterocycles. The van der Waals surface area contributed by atoms with Gasteiger partial charge in [-0.3, -0.25) is 0 Å². The van der Waals surface area contributed by atoms with Crippen LogP contribution in [-0.2, 0) is 0 Å². The molecule has 0 spiro atoms. The fourth-order valence-electron chi connectivity index (χ4n) is 2.37. The molecule has 0 aliphatic rings. The zero-order chi connectivity index (χ0) is 14.0. The Kier molecular flexibility index (Phi) is 4.38. The molecule has 1 N–H and O–H groups in total. The van der Waals surface area contributed by atoms with Crippen molar-refractivity contribution >= 4 is 11.3 Å². The summed E-state index contributed by atoms with van der Waals surface area (Å²) in [6, 6.07) is 7.34. The minimum atomic E-state index is 0.287. The van der Waals surface area contributed by atoms with Crippen LogP contribution in [0.5, 0.6) is 0 Å². The Labute approximate surface area is 119 Å². The van der Waals surface area contributed by atoms with Crippen LogP contribution in [0.1, 0.15) is 52.5 Å². The highest BCUT2D eigenvalue weighted by molar-refractivity contribution is 7.11. The van der Waals surface area contributed by atoms with E-state index in [2.05, 4.69) is 63.1 Å². The summed E-state index contributed by atoms with van der Waals surface area (Å²) in [5, 5.41) is 4.79. The average molecular weight is 274 g/mol. The summed E-state index contributed by atoms with van der Waals surface area (Å²) < 4.78 is 0. The molecule has 1 heterocycles. The lowest BCUT2D eigenvalue weighted by molar-refractivity contribution is 0.493. The molecule has 1 aromatic carbocycles. The average Bonchev–Trinajstić information content (AvgIpc) is 2.74. The van der Waals surface area contributed by atoms with Gasteiger partial charge >= 0.3 is 0 Å². The molecule has 0 fully saturated rings. The Morgan fingerprint density at radius 2 is 1.63 bits per heavy atom. The molecule has 0 aliphatic heterocycles. The molecule has 2 unspecified atom stereocenters. The van der Waals surface area contributed by atoms with Crippen LogP contribution in [0.25, 0.3) is 0 Å². The second-order valence-electron chi connectivity index (χ2n) is 5.34. The summed E-state index contributed by atoms with van der Waals surface area (Å²) in [7, 11) is 0. The first-order valence-electron chi connectivity index (χ1n) is 6.72. The number of nitrogens with zero attached hydrogens (tertiary/aromatic N) is 1. The molecule has 2 rings (SSSR count). The van der Waals surface area contributed by atoms with Crippen LogP contribution in [0.15, 0.2) is 24.4 Å². The van der Waals surface area contributed by atoms with Gasteiger partial charge < -0.3 is 5.32 Å². The van der Waals surface area contributed by atoms with Gasteiger partial charge in [0.2, 0.25) is 0 Å². The maximum atomic E-state index is 4.45. The Balaban J connectivity index is 2.10. The second kappa shape index (κ2) is 5.85. The molecule has 2 nitrogen and oxygen atoms in total. The van der Waals surface area contributed by atoms with Gasteiger partial charge in [-0.2, -0.15) is 0 Å². The third kappa shape index (κ3) is 3.64. The lowest BCUT2D eigenvalue weighted by Crippen LogP contribution is -2.22. The Hall–Kier alpha value is -1.19. The van der Waals surface area contributed by atoms with Gasteiger partial charge in [0.25, 0.3) is 0 Å². The van der Waals surface area contributed by atoms with Crippen molar-refractivity contribution in [2.24, 2.45) is 0 Å². The molecule has 0 radical (unpaired) electrons. The van der Waals surface area contributed by atoms with E-state index in [1.807, 2.05) is 6.20 Å². The molecular formula is C16H22N2S. The summed E-state index contributed by atoms with van der Waals surface area (Å²) in [5.41, 5.74) is 3.99. The SMILES string of the molecule is Cc1cc(C)cc(C(C)NC(C)c2ncc(C)s2)c1. The molecule has 102 valence electrons. The van der Waals surface area contributed by atoms with Gasteiger partial charge in [-0.05, 0) is 40.2 Å². The van der Waals surface area contributed by atoms with Crippen LogP contribution >= 0.6 is 11.3 Å². The number of thiazole rings is 1. The van der Waals surface area contributed by atoms with Crippen molar-refractivity contribution in [3.63, 3.8) is 0 Å². The fraction of sp³-hybridized carbons (Fsp3) is 0.438. The van der Waals surface area contributed by atoms with Crippen LogP contribution in [-0.4, -0.2) is 4.98 Å². The predicted octanol–water partition coefficient (Wildman–Crippen LogP) is 4.48. The zero-order valence-electron chi connectivity index (χ0n) is 12.3. The Bertz CT molecular complexity index is 539. The summed E-state index contributed by atoms with van der Waals surface area (Å²) in [6.07, 6.45) is 1.94. The van der Waals surface area contributed by atoms with Gasteiger partial charge in [-0.15, -0.1) is 11.3 Å². The second-order valence-corrected chi connectivity index (χ2v) is 6.61. The molecule has 3 heteroatoms. The van der Waals surface area contributed by atoms with Gasteiger partial charge in [0.05, 0.1) is 6.04 Å². The van der Waals surface area contributed by atoms with Crippen LogP contribution < -0.4 is 5.32 Å². The van der Waals surface area contributed by atoms with Gasteiger partial charge in [-0.25, -0.2) is 4.98 Å². The fourth-order valence-corrected chi connectivity index (χ4v) is 3.16.